The van der Waals surface area contributed by atoms with Crippen LogP contribution in [0.3, 0.4) is 0 Å². The smallest absolute Gasteiger partial charge is 0.227 e. The second-order valence-electron chi connectivity index (χ2n) is 4.68. The molecule has 1 aromatic carbocycles. The Hall–Kier alpha value is -1.62. The number of halogens is 1. The Morgan fingerprint density at radius 2 is 2.20 bits per heavy atom. The van der Waals surface area contributed by atoms with Crippen LogP contribution in [0.25, 0.3) is 0 Å². The molecule has 1 aliphatic heterocycles. The van der Waals surface area contributed by atoms with Crippen molar-refractivity contribution in [2.75, 3.05) is 17.2 Å². The summed E-state index contributed by atoms with van der Waals surface area (Å²) in [5, 5.41) is 14.2. The minimum Gasteiger partial charge on any atom is -0.311 e. The molecular weight excluding hydrogens is 302 g/mol. The molecule has 1 fully saturated rings. The van der Waals surface area contributed by atoms with E-state index in [1.807, 2.05) is 6.07 Å². The Morgan fingerprint density at radius 3 is 2.80 bits per heavy atom. The van der Waals surface area contributed by atoms with Gasteiger partial charge >= 0.3 is 0 Å². The maximum atomic E-state index is 12.0. The molecule has 0 saturated carbocycles. The van der Waals surface area contributed by atoms with Crippen molar-refractivity contribution in [1.82, 2.24) is 0 Å². The first-order valence-corrected chi connectivity index (χ1v) is 7.90. The number of benzene rings is 1. The Labute approximate surface area is 121 Å². The van der Waals surface area contributed by atoms with E-state index in [-0.39, 0.29) is 30.5 Å². The fourth-order valence-electron chi connectivity index (χ4n) is 2.24. The summed E-state index contributed by atoms with van der Waals surface area (Å²) in [6, 6.07) is 6.57. The van der Waals surface area contributed by atoms with E-state index >= 15 is 0 Å². The van der Waals surface area contributed by atoms with Gasteiger partial charge < -0.3 is 4.90 Å². The van der Waals surface area contributed by atoms with Crippen molar-refractivity contribution in [3.05, 3.63) is 28.8 Å². The van der Waals surface area contributed by atoms with Gasteiger partial charge in [-0.05, 0) is 18.2 Å². The van der Waals surface area contributed by atoms with Gasteiger partial charge in [0.2, 0.25) is 15.9 Å². The highest BCUT2D eigenvalue weighted by Crippen LogP contribution is 2.32. The van der Waals surface area contributed by atoms with Gasteiger partial charge in [0, 0.05) is 18.9 Å². The Balaban J connectivity index is 2.26. The van der Waals surface area contributed by atoms with E-state index in [9.17, 15) is 13.2 Å². The van der Waals surface area contributed by atoms with Crippen LogP contribution in [0, 0.1) is 17.2 Å². The van der Waals surface area contributed by atoms with E-state index in [1.54, 1.807) is 6.07 Å². The maximum Gasteiger partial charge on any atom is 0.227 e. The first-order valence-electron chi connectivity index (χ1n) is 5.80. The molecule has 0 spiro atoms. The SMILES string of the molecule is N#Cc1ccc(Cl)c(N2CC(CS(N)(=O)=O)CC2=O)c1. The number of carbonyl (C=O) groups excluding carboxylic acids is 1. The first kappa shape index (κ1) is 14.8. The zero-order chi connectivity index (χ0) is 14.9. The van der Waals surface area contributed by atoms with Gasteiger partial charge in [0.1, 0.15) is 0 Å². The van der Waals surface area contributed by atoms with Crippen molar-refractivity contribution in [3.8, 4) is 6.07 Å². The Kier molecular flexibility index (Phi) is 3.99. The third kappa shape index (κ3) is 3.28. The van der Waals surface area contributed by atoms with Gasteiger partial charge in [-0.3, -0.25) is 4.79 Å². The molecular formula is C12H12ClN3O3S. The molecule has 2 N–H and O–H groups in total. The van der Waals surface area contributed by atoms with Gasteiger partial charge in [-0.15, -0.1) is 0 Å². The molecule has 1 saturated heterocycles. The molecule has 1 aromatic rings. The lowest BCUT2D eigenvalue weighted by atomic mass is 10.1. The number of anilines is 1. The predicted molar refractivity (Wildman–Crippen MR) is 74.6 cm³/mol. The van der Waals surface area contributed by atoms with Crippen molar-refractivity contribution in [2.24, 2.45) is 11.1 Å². The average Bonchev–Trinajstić information content (AvgIpc) is 2.68. The van der Waals surface area contributed by atoms with Crippen molar-refractivity contribution in [2.45, 2.75) is 6.42 Å². The molecule has 0 aliphatic carbocycles. The lowest BCUT2D eigenvalue weighted by molar-refractivity contribution is -0.117. The van der Waals surface area contributed by atoms with Crippen molar-refractivity contribution < 1.29 is 13.2 Å². The van der Waals surface area contributed by atoms with Gasteiger partial charge in [-0.25, -0.2) is 13.6 Å². The summed E-state index contributed by atoms with van der Waals surface area (Å²) in [6.45, 7) is 0.226. The molecule has 0 radical (unpaired) electrons. The Bertz CT molecular complexity index is 696. The van der Waals surface area contributed by atoms with Crippen molar-refractivity contribution >= 4 is 33.2 Å². The standard InChI is InChI=1S/C12H12ClN3O3S/c13-10-2-1-8(5-14)3-11(10)16-6-9(4-12(16)17)7-20(15,18)19/h1-3,9H,4,6-7H2,(H2,15,18,19). The van der Waals surface area contributed by atoms with Crippen LogP contribution in [0.1, 0.15) is 12.0 Å². The molecule has 1 unspecified atom stereocenters. The molecule has 2 rings (SSSR count). The summed E-state index contributed by atoms with van der Waals surface area (Å²) in [4.78, 5) is 13.4. The summed E-state index contributed by atoms with van der Waals surface area (Å²) in [6.07, 6.45) is 0.101. The molecule has 1 heterocycles. The molecule has 106 valence electrons. The van der Waals surface area contributed by atoms with Crippen LogP contribution in [0.15, 0.2) is 18.2 Å². The molecule has 0 bridgehead atoms. The monoisotopic (exact) mass is 313 g/mol. The topological polar surface area (TPSA) is 104 Å². The van der Waals surface area contributed by atoms with Crippen LogP contribution in [0.2, 0.25) is 5.02 Å². The zero-order valence-corrected chi connectivity index (χ0v) is 12.0. The second-order valence-corrected chi connectivity index (χ2v) is 6.75. The lowest BCUT2D eigenvalue weighted by Crippen LogP contribution is -2.27. The first-order chi connectivity index (χ1) is 9.30. The number of hydrogen-bond acceptors (Lipinski definition) is 4. The molecule has 1 atom stereocenters. The molecule has 20 heavy (non-hydrogen) atoms. The number of nitrogens with two attached hydrogens (primary N) is 1. The fraction of sp³-hybridized carbons (Fsp3) is 0.333. The Morgan fingerprint density at radius 1 is 1.50 bits per heavy atom. The second kappa shape index (κ2) is 5.40. The van der Waals surface area contributed by atoms with Crippen LogP contribution >= 0.6 is 11.6 Å². The molecule has 1 amide bonds. The van der Waals surface area contributed by atoms with Crippen LogP contribution < -0.4 is 10.0 Å². The van der Waals surface area contributed by atoms with E-state index in [1.165, 1.54) is 17.0 Å². The highest BCUT2D eigenvalue weighted by atomic mass is 35.5. The normalized spacial score (nSPS) is 19.1. The van der Waals surface area contributed by atoms with Gasteiger partial charge in [0.15, 0.2) is 0 Å². The van der Waals surface area contributed by atoms with Crippen molar-refractivity contribution in [1.29, 1.82) is 5.26 Å². The number of hydrogen-bond donors (Lipinski definition) is 1. The molecule has 8 heteroatoms. The molecule has 1 aliphatic rings. The number of nitriles is 1. The highest BCUT2D eigenvalue weighted by Gasteiger charge is 2.33. The van der Waals surface area contributed by atoms with E-state index in [0.29, 0.717) is 16.3 Å². The van der Waals surface area contributed by atoms with E-state index in [4.69, 9.17) is 22.0 Å². The molecule has 0 aromatic heterocycles. The maximum absolute atomic E-state index is 12.0. The summed E-state index contributed by atoms with van der Waals surface area (Å²) in [7, 11) is -3.62. The minimum absolute atomic E-state index is 0.101. The number of carbonyl (C=O) groups is 1. The van der Waals surface area contributed by atoms with Crippen LogP contribution in [-0.4, -0.2) is 26.6 Å². The predicted octanol–water partition coefficient (Wildman–Crippen LogP) is 0.853. The van der Waals surface area contributed by atoms with Crippen LogP contribution in [0.4, 0.5) is 5.69 Å². The molecule has 6 nitrogen and oxygen atoms in total. The van der Waals surface area contributed by atoms with Crippen LogP contribution in [-0.2, 0) is 14.8 Å². The van der Waals surface area contributed by atoms with Crippen molar-refractivity contribution in [3.63, 3.8) is 0 Å². The van der Waals surface area contributed by atoms with Gasteiger partial charge in [-0.1, -0.05) is 11.6 Å². The number of sulfonamides is 1. The summed E-state index contributed by atoms with van der Waals surface area (Å²) >= 11 is 6.03. The van der Waals surface area contributed by atoms with Gasteiger partial charge in [0.25, 0.3) is 0 Å². The van der Waals surface area contributed by atoms with Crippen LogP contribution in [0.5, 0.6) is 0 Å². The summed E-state index contributed by atoms with van der Waals surface area (Å²) in [5.74, 6) is -0.833. The third-order valence-corrected chi connectivity index (χ3v) is 4.29. The quantitative estimate of drug-likeness (QED) is 0.893. The summed E-state index contributed by atoms with van der Waals surface area (Å²) in [5.41, 5.74) is 0.805. The largest absolute Gasteiger partial charge is 0.311 e. The van der Waals surface area contributed by atoms with E-state index < -0.39 is 10.0 Å². The zero-order valence-electron chi connectivity index (χ0n) is 10.4. The number of amides is 1. The van der Waals surface area contributed by atoms with Gasteiger partial charge in [-0.2, -0.15) is 5.26 Å². The van der Waals surface area contributed by atoms with E-state index in [0.717, 1.165) is 0 Å². The van der Waals surface area contributed by atoms with E-state index in [2.05, 4.69) is 0 Å². The van der Waals surface area contributed by atoms with Gasteiger partial charge in [0.05, 0.1) is 28.1 Å². The average molecular weight is 314 g/mol. The third-order valence-electron chi connectivity index (χ3n) is 3.04. The minimum atomic E-state index is -3.62. The number of nitrogens with zero attached hydrogens (tertiary/aromatic N) is 2. The number of primary sulfonamides is 1. The lowest BCUT2D eigenvalue weighted by Gasteiger charge is -2.18. The number of rotatable bonds is 3. The summed E-state index contributed by atoms with van der Waals surface area (Å²) < 4.78 is 22.2. The fourth-order valence-corrected chi connectivity index (χ4v) is 3.34. The highest BCUT2D eigenvalue weighted by molar-refractivity contribution is 7.89.